The van der Waals surface area contributed by atoms with Crippen LogP contribution in [0.2, 0.25) is 0 Å². The van der Waals surface area contributed by atoms with Gasteiger partial charge in [-0.2, -0.15) is 0 Å². The van der Waals surface area contributed by atoms with Crippen LogP contribution in [0.15, 0.2) is 30.3 Å². The lowest BCUT2D eigenvalue weighted by Crippen LogP contribution is -2.15. The first kappa shape index (κ1) is 7.15. The molecule has 0 spiro atoms. The van der Waals surface area contributed by atoms with Crippen LogP contribution in [0.1, 0.15) is 5.69 Å². The Kier molecular flexibility index (Phi) is 1.43. The molecule has 13 heavy (non-hydrogen) atoms. The van der Waals surface area contributed by atoms with Gasteiger partial charge < -0.3 is 9.30 Å². The van der Waals surface area contributed by atoms with E-state index in [0.717, 1.165) is 19.8 Å². The Morgan fingerprint density at radius 1 is 1.23 bits per heavy atom. The van der Waals surface area contributed by atoms with Gasteiger partial charge in [-0.05, 0) is 17.5 Å². The molecule has 0 atom stereocenters. The summed E-state index contributed by atoms with van der Waals surface area (Å²) in [5, 5.41) is 1.32. The first-order valence-electron chi connectivity index (χ1n) is 4.60. The summed E-state index contributed by atoms with van der Waals surface area (Å²) < 4.78 is 7.75. The molecule has 2 heteroatoms. The summed E-state index contributed by atoms with van der Waals surface area (Å²) in [7, 11) is 0. The Morgan fingerprint density at radius 3 is 3.15 bits per heavy atom. The Balaban J connectivity index is 2.34. The summed E-state index contributed by atoms with van der Waals surface area (Å²) in [6.07, 6.45) is 0. The smallest absolute Gasteiger partial charge is 0.0869 e. The lowest BCUT2D eigenvalue weighted by Gasteiger charge is -2.16. The number of rotatable bonds is 0. The number of ether oxygens (including phenoxy) is 1. The van der Waals surface area contributed by atoms with E-state index in [2.05, 4.69) is 34.9 Å². The minimum Gasteiger partial charge on any atom is -0.373 e. The van der Waals surface area contributed by atoms with Crippen molar-refractivity contribution in [3.8, 4) is 0 Å². The molecule has 0 aliphatic carbocycles. The van der Waals surface area contributed by atoms with Crippen LogP contribution < -0.4 is 0 Å². The van der Waals surface area contributed by atoms with E-state index in [1.807, 2.05) is 0 Å². The van der Waals surface area contributed by atoms with Gasteiger partial charge in [0.25, 0.3) is 0 Å². The lowest BCUT2D eigenvalue weighted by atomic mass is 10.2. The van der Waals surface area contributed by atoms with Crippen molar-refractivity contribution in [2.75, 3.05) is 6.61 Å². The lowest BCUT2D eigenvalue weighted by molar-refractivity contribution is 0.0865. The van der Waals surface area contributed by atoms with E-state index in [1.165, 1.54) is 16.6 Å². The molecule has 0 bridgehead atoms. The van der Waals surface area contributed by atoms with Gasteiger partial charge in [0.1, 0.15) is 0 Å². The molecule has 0 N–H and O–H groups in total. The van der Waals surface area contributed by atoms with Crippen LogP contribution in [0.25, 0.3) is 10.9 Å². The molecule has 1 aliphatic rings. The highest BCUT2D eigenvalue weighted by Gasteiger charge is 2.11. The maximum Gasteiger partial charge on any atom is 0.0869 e. The van der Waals surface area contributed by atoms with Crippen molar-refractivity contribution in [2.45, 2.75) is 13.2 Å². The summed E-state index contributed by atoms with van der Waals surface area (Å²) in [5.74, 6) is 0. The Hall–Kier alpha value is -1.28. The third-order valence-corrected chi connectivity index (χ3v) is 2.61. The van der Waals surface area contributed by atoms with Gasteiger partial charge in [-0.3, -0.25) is 0 Å². The maximum absolute atomic E-state index is 5.40. The number of hydrogen-bond acceptors (Lipinski definition) is 1. The summed E-state index contributed by atoms with van der Waals surface area (Å²) in [4.78, 5) is 0. The van der Waals surface area contributed by atoms with Crippen molar-refractivity contribution in [3.05, 3.63) is 36.0 Å². The van der Waals surface area contributed by atoms with Crippen molar-refractivity contribution < 1.29 is 4.74 Å². The second-order valence-corrected chi connectivity index (χ2v) is 3.40. The molecule has 1 aromatic carbocycles. The molecule has 0 amide bonds. The minimum absolute atomic E-state index is 0.759. The molecule has 0 saturated carbocycles. The number of nitrogens with zero attached hydrogens (tertiary/aromatic N) is 1. The van der Waals surface area contributed by atoms with Crippen molar-refractivity contribution in [3.63, 3.8) is 0 Å². The van der Waals surface area contributed by atoms with Gasteiger partial charge in [-0.25, -0.2) is 0 Å². The predicted molar refractivity (Wildman–Crippen MR) is 51.6 cm³/mol. The van der Waals surface area contributed by atoms with E-state index in [4.69, 9.17) is 4.74 Å². The first-order chi connectivity index (χ1) is 6.45. The molecular weight excluding hydrogens is 162 g/mol. The van der Waals surface area contributed by atoms with Crippen LogP contribution in [-0.4, -0.2) is 11.2 Å². The molecule has 1 aliphatic heterocycles. The molecular formula is C11H11NO. The Bertz CT molecular complexity index is 444. The van der Waals surface area contributed by atoms with Crippen molar-refractivity contribution in [2.24, 2.45) is 0 Å². The molecule has 2 nitrogen and oxygen atoms in total. The standard InChI is InChI=1S/C11H11NO/c1-2-4-11-9(3-1)7-10-8-13-6-5-12(10)11/h1-4,7H,5-6,8H2. The second-order valence-electron chi connectivity index (χ2n) is 3.40. The van der Waals surface area contributed by atoms with E-state index in [-0.39, 0.29) is 0 Å². The number of hydrogen-bond donors (Lipinski definition) is 0. The zero-order valence-corrected chi connectivity index (χ0v) is 7.36. The highest BCUT2D eigenvalue weighted by atomic mass is 16.5. The van der Waals surface area contributed by atoms with E-state index < -0.39 is 0 Å². The zero-order valence-electron chi connectivity index (χ0n) is 7.36. The topological polar surface area (TPSA) is 14.2 Å². The fourth-order valence-corrected chi connectivity index (χ4v) is 1.98. The predicted octanol–water partition coefficient (Wildman–Crippen LogP) is 2.17. The second kappa shape index (κ2) is 2.60. The van der Waals surface area contributed by atoms with Crippen LogP contribution in [-0.2, 0) is 17.9 Å². The van der Waals surface area contributed by atoms with Gasteiger partial charge in [-0.1, -0.05) is 18.2 Å². The average molecular weight is 173 g/mol. The Labute approximate surface area is 76.7 Å². The largest absolute Gasteiger partial charge is 0.373 e. The summed E-state index contributed by atoms with van der Waals surface area (Å²) in [6, 6.07) is 10.7. The number of benzene rings is 1. The van der Waals surface area contributed by atoms with Gasteiger partial charge in [-0.15, -0.1) is 0 Å². The van der Waals surface area contributed by atoms with Crippen molar-refractivity contribution in [1.82, 2.24) is 4.57 Å². The Morgan fingerprint density at radius 2 is 2.15 bits per heavy atom. The first-order valence-corrected chi connectivity index (χ1v) is 4.60. The van der Waals surface area contributed by atoms with Crippen LogP contribution in [0, 0.1) is 0 Å². The maximum atomic E-state index is 5.40. The third kappa shape index (κ3) is 0.988. The van der Waals surface area contributed by atoms with E-state index in [1.54, 1.807) is 0 Å². The average Bonchev–Trinajstić information content (AvgIpc) is 2.56. The van der Waals surface area contributed by atoms with Gasteiger partial charge in [0.2, 0.25) is 0 Å². The van der Waals surface area contributed by atoms with Gasteiger partial charge in [0.05, 0.1) is 13.2 Å². The van der Waals surface area contributed by atoms with Crippen molar-refractivity contribution in [1.29, 1.82) is 0 Å². The molecule has 0 fully saturated rings. The fraction of sp³-hybridized carbons (Fsp3) is 0.273. The van der Waals surface area contributed by atoms with E-state index in [0.29, 0.717) is 0 Å². The molecule has 2 aromatic rings. The van der Waals surface area contributed by atoms with E-state index in [9.17, 15) is 0 Å². The third-order valence-electron chi connectivity index (χ3n) is 2.61. The van der Waals surface area contributed by atoms with Crippen LogP contribution >= 0.6 is 0 Å². The van der Waals surface area contributed by atoms with Crippen LogP contribution in [0.5, 0.6) is 0 Å². The number of para-hydroxylation sites is 1. The van der Waals surface area contributed by atoms with Crippen LogP contribution in [0.3, 0.4) is 0 Å². The quantitative estimate of drug-likeness (QED) is 0.595. The molecule has 0 saturated heterocycles. The van der Waals surface area contributed by atoms with Crippen molar-refractivity contribution >= 4 is 10.9 Å². The number of fused-ring (bicyclic) bond motifs is 3. The SMILES string of the molecule is c1ccc2c(c1)cc1n2CCOC1. The normalized spacial score (nSPS) is 16.0. The molecule has 2 heterocycles. The molecule has 0 unspecified atom stereocenters. The summed E-state index contributed by atoms with van der Waals surface area (Å²) in [5.41, 5.74) is 2.63. The zero-order chi connectivity index (χ0) is 8.67. The van der Waals surface area contributed by atoms with Crippen LogP contribution in [0.4, 0.5) is 0 Å². The minimum atomic E-state index is 0.759. The fourth-order valence-electron chi connectivity index (χ4n) is 1.98. The highest BCUT2D eigenvalue weighted by Crippen LogP contribution is 2.22. The highest BCUT2D eigenvalue weighted by molar-refractivity contribution is 5.81. The van der Waals surface area contributed by atoms with E-state index >= 15 is 0 Å². The molecule has 1 aromatic heterocycles. The van der Waals surface area contributed by atoms with Gasteiger partial charge in [0, 0.05) is 17.8 Å². The summed E-state index contributed by atoms with van der Waals surface area (Å²) >= 11 is 0. The van der Waals surface area contributed by atoms with Gasteiger partial charge in [0.15, 0.2) is 0 Å². The molecule has 0 radical (unpaired) electrons. The monoisotopic (exact) mass is 173 g/mol. The molecule has 66 valence electrons. The van der Waals surface area contributed by atoms with Gasteiger partial charge >= 0.3 is 0 Å². The number of aromatic nitrogens is 1. The molecule has 3 rings (SSSR count). The summed E-state index contributed by atoms with van der Waals surface area (Å²) in [6.45, 7) is 2.59.